The van der Waals surface area contributed by atoms with Crippen molar-refractivity contribution in [3.8, 4) is 6.07 Å². The number of fused-ring (bicyclic) bond motifs is 1. The maximum atomic E-state index is 12.2. The third kappa shape index (κ3) is 1.96. The summed E-state index contributed by atoms with van der Waals surface area (Å²) in [6, 6.07) is 9.35. The summed E-state index contributed by atoms with van der Waals surface area (Å²) in [5, 5.41) is 19.5. The lowest BCUT2D eigenvalue weighted by Gasteiger charge is -2.45. The number of hydrogen-bond acceptors (Lipinski definition) is 3. The highest BCUT2D eigenvalue weighted by atomic mass is 16.3. The molecule has 0 spiro atoms. The Morgan fingerprint density at radius 3 is 3.00 bits per heavy atom. The van der Waals surface area contributed by atoms with Gasteiger partial charge < -0.3 is 15.0 Å². The number of β-amino-alcohol motifs (C(OH)–C–C–N with tert-alkyl or cyclic N) is 1. The fraction of sp³-hybridized carbons (Fsp3) is 0.286. The Balaban J connectivity index is 1.77. The summed E-state index contributed by atoms with van der Waals surface area (Å²) in [7, 11) is 0. The molecule has 2 aromatic rings. The van der Waals surface area contributed by atoms with Crippen molar-refractivity contribution in [3.63, 3.8) is 0 Å². The van der Waals surface area contributed by atoms with Gasteiger partial charge in [0.1, 0.15) is 5.60 Å². The number of hydrogen-bond donors (Lipinski definition) is 2. The molecule has 5 heteroatoms. The molecule has 1 aromatic heterocycles. The van der Waals surface area contributed by atoms with E-state index in [1.165, 1.54) is 0 Å². The number of aromatic nitrogens is 1. The first-order valence-corrected chi connectivity index (χ1v) is 6.07. The van der Waals surface area contributed by atoms with Gasteiger partial charge in [0.2, 0.25) is 0 Å². The Labute approximate surface area is 110 Å². The molecule has 2 N–H and O–H groups in total. The summed E-state index contributed by atoms with van der Waals surface area (Å²) in [5.41, 5.74) is 0.480. The number of amides is 1. The van der Waals surface area contributed by atoms with Crippen LogP contribution in [0.5, 0.6) is 0 Å². The molecule has 19 heavy (non-hydrogen) atoms. The molecule has 1 saturated heterocycles. The van der Waals surface area contributed by atoms with Gasteiger partial charge in [0.05, 0.1) is 25.6 Å². The lowest BCUT2D eigenvalue weighted by molar-refractivity contribution is -0.0770. The molecule has 96 valence electrons. The molecular weight excluding hydrogens is 242 g/mol. The lowest BCUT2D eigenvalue weighted by Crippen LogP contribution is -2.63. The van der Waals surface area contributed by atoms with Crippen molar-refractivity contribution in [2.24, 2.45) is 0 Å². The van der Waals surface area contributed by atoms with Crippen molar-refractivity contribution >= 4 is 16.8 Å². The molecular formula is C14H13N3O2. The van der Waals surface area contributed by atoms with E-state index in [0.29, 0.717) is 5.56 Å². The van der Waals surface area contributed by atoms with Crippen molar-refractivity contribution in [1.29, 1.82) is 5.26 Å². The number of nitrogens with zero attached hydrogens (tertiary/aromatic N) is 2. The number of carbonyl (C=O) groups is 1. The second-order valence-corrected chi connectivity index (χ2v) is 5.00. The van der Waals surface area contributed by atoms with Crippen LogP contribution in [0.25, 0.3) is 10.9 Å². The molecule has 1 amide bonds. The fourth-order valence-electron chi connectivity index (χ4n) is 2.43. The van der Waals surface area contributed by atoms with Gasteiger partial charge in [-0.2, -0.15) is 5.26 Å². The number of nitriles is 1. The van der Waals surface area contributed by atoms with Gasteiger partial charge in [-0.15, -0.1) is 0 Å². The first-order chi connectivity index (χ1) is 9.11. The standard InChI is InChI=1S/C14H13N3O2/c15-5-4-14(19)8-17(9-14)13(18)11-2-1-10-3-6-16-12(10)7-11/h1-3,6-7,16,19H,4,8-9H2. The average molecular weight is 255 g/mol. The van der Waals surface area contributed by atoms with E-state index in [2.05, 4.69) is 4.98 Å². The molecule has 3 rings (SSSR count). The summed E-state index contributed by atoms with van der Waals surface area (Å²) in [5.74, 6) is -0.112. The molecule has 0 aliphatic carbocycles. The smallest absolute Gasteiger partial charge is 0.254 e. The van der Waals surface area contributed by atoms with Gasteiger partial charge in [0.15, 0.2) is 0 Å². The maximum absolute atomic E-state index is 12.2. The van der Waals surface area contributed by atoms with E-state index < -0.39 is 5.60 Å². The van der Waals surface area contributed by atoms with E-state index in [1.807, 2.05) is 24.4 Å². The predicted molar refractivity (Wildman–Crippen MR) is 69.4 cm³/mol. The number of aliphatic hydroxyl groups is 1. The molecule has 0 bridgehead atoms. The van der Waals surface area contributed by atoms with E-state index in [1.54, 1.807) is 17.0 Å². The van der Waals surface area contributed by atoms with E-state index in [0.717, 1.165) is 10.9 Å². The zero-order chi connectivity index (χ0) is 13.5. The Morgan fingerprint density at radius 2 is 2.26 bits per heavy atom. The highest BCUT2D eigenvalue weighted by Gasteiger charge is 2.43. The molecule has 1 aliphatic heterocycles. The molecule has 0 unspecified atom stereocenters. The number of rotatable bonds is 2. The van der Waals surface area contributed by atoms with Gasteiger partial charge in [0.25, 0.3) is 5.91 Å². The number of carbonyl (C=O) groups excluding carboxylic acids is 1. The van der Waals surface area contributed by atoms with Crippen molar-refractivity contribution in [1.82, 2.24) is 9.88 Å². The quantitative estimate of drug-likeness (QED) is 0.848. The van der Waals surface area contributed by atoms with Crippen LogP contribution in [0.4, 0.5) is 0 Å². The Bertz CT molecular complexity index is 677. The molecule has 2 heterocycles. The summed E-state index contributed by atoms with van der Waals surface area (Å²) in [6.07, 6.45) is 1.89. The predicted octanol–water partition coefficient (Wildman–Crippen LogP) is 1.27. The van der Waals surface area contributed by atoms with Crippen LogP contribution in [-0.4, -0.2) is 39.6 Å². The molecule has 0 atom stereocenters. The van der Waals surface area contributed by atoms with Crippen LogP contribution in [0.3, 0.4) is 0 Å². The van der Waals surface area contributed by atoms with Crippen molar-refractivity contribution in [3.05, 3.63) is 36.0 Å². The summed E-state index contributed by atoms with van der Waals surface area (Å²) in [6.45, 7) is 0.449. The van der Waals surface area contributed by atoms with Crippen LogP contribution in [0.1, 0.15) is 16.8 Å². The highest BCUT2D eigenvalue weighted by Crippen LogP contribution is 2.26. The number of likely N-dealkylation sites (tertiary alicyclic amines) is 1. The van der Waals surface area contributed by atoms with Gasteiger partial charge in [-0.05, 0) is 23.6 Å². The monoisotopic (exact) mass is 255 g/mol. The molecule has 0 saturated carbocycles. The topological polar surface area (TPSA) is 80.1 Å². The van der Waals surface area contributed by atoms with Crippen LogP contribution in [0.2, 0.25) is 0 Å². The highest BCUT2D eigenvalue weighted by molar-refractivity contribution is 5.98. The van der Waals surface area contributed by atoms with Gasteiger partial charge >= 0.3 is 0 Å². The third-order valence-electron chi connectivity index (χ3n) is 3.47. The number of benzene rings is 1. The fourth-order valence-corrected chi connectivity index (χ4v) is 2.43. The molecule has 1 fully saturated rings. The van der Waals surface area contributed by atoms with Crippen molar-refractivity contribution < 1.29 is 9.90 Å². The summed E-state index contributed by atoms with van der Waals surface area (Å²) >= 11 is 0. The van der Waals surface area contributed by atoms with E-state index in [9.17, 15) is 9.90 Å². The molecule has 0 radical (unpaired) electrons. The van der Waals surface area contributed by atoms with E-state index in [4.69, 9.17) is 5.26 Å². The minimum atomic E-state index is -1.03. The van der Waals surface area contributed by atoms with Crippen LogP contribution in [0, 0.1) is 11.3 Å². The maximum Gasteiger partial charge on any atom is 0.254 e. The molecule has 1 aliphatic rings. The van der Waals surface area contributed by atoms with Crippen LogP contribution in [0.15, 0.2) is 30.5 Å². The first kappa shape index (κ1) is 11.8. The van der Waals surface area contributed by atoms with E-state index in [-0.39, 0.29) is 25.4 Å². The average Bonchev–Trinajstić information content (AvgIpc) is 2.82. The minimum Gasteiger partial charge on any atom is -0.385 e. The second-order valence-electron chi connectivity index (χ2n) is 5.00. The Morgan fingerprint density at radius 1 is 1.47 bits per heavy atom. The zero-order valence-electron chi connectivity index (χ0n) is 10.3. The Hall–Kier alpha value is -2.32. The number of H-pyrrole nitrogens is 1. The van der Waals surface area contributed by atoms with Gasteiger partial charge in [-0.3, -0.25) is 4.79 Å². The van der Waals surface area contributed by atoms with Gasteiger partial charge in [-0.1, -0.05) is 6.07 Å². The van der Waals surface area contributed by atoms with Gasteiger partial charge in [-0.25, -0.2) is 0 Å². The summed E-state index contributed by atoms with van der Waals surface area (Å²) < 4.78 is 0. The second kappa shape index (κ2) is 4.11. The van der Waals surface area contributed by atoms with Crippen molar-refractivity contribution in [2.75, 3.05) is 13.1 Å². The normalized spacial score (nSPS) is 16.9. The first-order valence-electron chi connectivity index (χ1n) is 6.07. The van der Waals surface area contributed by atoms with Gasteiger partial charge in [0, 0.05) is 17.3 Å². The van der Waals surface area contributed by atoms with Crippen LogP contribution in [-0.2, 0) is 0 Å². The number of nitrogens with one attached hydrogen (secondary N) is 1. The number of aromatic amines is 1. The third-order valence-corrected chi connectivity index (χ3v) is 3.47. The largest absolute Gasteiger partial charge is 0.385 e. The van der Waals surface area contributed by atoms with Crippen LogP contribution >= 0.6 is 0 Å². The lowest BCUT2D eigenvalue weighted by atomic mass is 9.90. The minimum absolute atomic E-state index is 0.0619. The zero-order valence-corrected chi connectivity index (χ0v) is 10.3. The van der Waals surface area contributed by atoms with Crippen LogP contribution < -0.4 is 0 Å². The SMILES string of the molecule is N#CCC1(O)CN(C(=O)c2ccc3cc[nH]c3c2)C1. The van der Waals surface area contributed by atoms with Crippen molar-refractivity contribution in [2.45, 2.75) is 12.0 Å². The summed E-state index contributed by atoms with van der Waals surface area (Å²) in [4.78, 5) is 16.8. The molecule has 1 aromatic carbocycles. The Kier molecular flexibility index (Phi) is 2.54. The molecule has 5 nitrogen and oxygen atoms in total. The van der Waals surface area contributed by atoms with E-state index >= 15 is 0 Å².